The number of hydrogen-bond acceptors (Lipinski definition) is 3. The van der Waals surface area contributed by atoms with Crippen molar-refractivity contribution in [2.45, 2.75) is 31.9 Å². The van der Waals surface area contributed by atoms with Crippen LogP contribution in [0.25, 0.3) is 0 Å². The van der Waals surface area contributed by atoms with E-state index in [4.69, 9.17) is 4.42 Å². The van der Waals surface area contributed by atoms with Crippen molar-refractivity contribution < 1.29 is 9.52 Å². The number of nitrogens with one attached hydrogen (secondary N) is 1. The van der Waals surface area contributed by atoms with Crippen molar-refractivity contribution in [2.24, 2.45) is 5.92 Å². The zero-order valence-electron chi connectivity index (χ0n) is 8.58. The zero-order chi connectivity index (χ0) is 10.7. The first-order valence-electron chi connectivity index (χ1n) is 5.38. The summed E-state index contributed by atoms with van der Waals surface area (Å²) in [5.74, 6) is 1.33. The third kappa shape index (κ3) is 2.83. The van der Waals surface area contributed by atoms with Gasteiger partial charge in [0.25, 0.3) is 0 Å². The molecule has 1 heterocycles. The second-order valence-electron chi connectivity index (χ2n) is 4.08. The Balaban J connectivity index is 1.73. The van der Waals surface area contributed by atoms with E-state index in [2.05, 4.69) is 21.2 Å². The quantitative estimate of drug-likeness (QED) is 0.885. The second kappa shape index (κ2) is 5.14. The van der Waals surface area contributed by atoms with E-state index in [-0.39, 0.29) is 6.10 Å². The van der Waals surface area contributed by atoms with Crippen LogP contribution in [0.5, 0.6) is 0 Å². The highest BCUT2D eigenvalue weighted by atomic mass is 79.9. The van der Waals surface area contributed by atoms with Crippen molar-refractivity contribution in [1.82, 2.24) is 5.32 Å². The summed E-state index contributed by atoms with van der Waals surface area (Å²) in [6, 6.07) is 1.89. The third-order valence-electron chi connectivity index (χ3n) is 3.00. The maximum absolute atomic E-state index is 9.63. The van der Waals surface area contributed by atoms with E-state index in [9.17, 15) is 5.11 Å². The Labute approximate surface area is 98.0 Å². The van der Waals surface area contributed by atoms with Gasteiger partial charge in [-0.25, -0.2) is 0 Å². The summed E-state index contributed by atoms with van der Waals surface area (Å²) in [7, 11) is 0. The number of rotatable bonds is 4. The maximum Gasteiger partial charge on any atom is 0.131 e. The highest BCUT2D eigenvalue weighted by Gasteiger charge is 2.24. The van der Waals surface area contributed by atoms with E-state index < -0.39 is 0 Å². The molecule has 1 fully saturated rings. The Morgan fingerprint density at radius 3 is 3.00 bits per heavy atom. The summed E-state index contributed by atoms with van der Waals surface area (Å²) in [4.78, 5) is 0. The van der Waals surface area contributed by atoms with Gasteiger partial charge in [0, 0.05) is 6.54 Å². The van der Waals surface area contributed by atoms with E-state index in [0.29, 0.717) is 5.92 Å². The molecule has 1 saturated carbocycles. The van der Waals surface area contributed by atoms with Crippen LogP contribution in [-0.2, 0) is 6.54 Å². The molecule has 0 amide bonds. The molecule has 1 aliphatic rings. The van der Waals surface area contributed by atoms with E-state index in [0.717, 1.165) is 42.6 Å². The lowest BCUT2D eigenvalue weighted by molar-refractivity contribution is 0.131. The minimum Gasteiger partial charge on any atom is -0.467 e. The molecule has 0 radical (unpaired) electrons. The molecule has 0 spiro atoms. The lowest BCUT2D eigenvalue weighted by Gasteiger charge is -2.14. The normalized spacial score (nSPS) is 26.0. The first-order valence-corrected chi connectivity index (χ1v) is 6.17. The van der Waals surface area contributed by atoms with Crippen LogP contribution in [0.3, 0.4) is 0 Å². The molecule has 4 heteroatoms. The highest BCUT2D eigenvalue weighted by molar-refractivity contribution is 9.10. The predicted molar refractivity (Wildman–Crippen MR) is 61.5 cm³/mol. The number of aliphatic hydroxyl groups excluding tert-OH is 1. The number of hydrogen-bond donors (Lipinski definition) is 2. The van der Waals surface area contributed by atoms with Crippen molar-refractivity contribution in [3.8, 4) is 0 Å². The summed E-state index contributed by atoms with van der Waals surface area (Å²) in [6.45, 7) is 1.59. The largest absolute Gasteiger partial charge is 0.467 e. The lowest BCUT2D eigenvalue weighted by atomic mass is 10.1. The molecule has 0 saturated heterocycles. The van der Waals surface area contributed by atoms with E-state index >= 15 is 0 Å². The molecular weight excluding hydrogens is 258 g/mol. The molecule has 0 bridgehead atoms. The lowest BCUT2D eigenvalue weighted by Crippen LogP contribution is -2.27. The average molecular weight is 274 g/mol. The fraction of sp³-hybridized carbons (Fsp3) is 0.636. The fourth-order valence-corrected chi connectivity index (χ4v) is 2.42. The van der Waals surface area contributed by atoms with Crippen LogP contribution in [0.1, 0.15) is 25.0 Å². The smallest absolute Gasteiger partial charge is 0.131 e. The van der Waals surface area contributed by atoms with Crippen LogP contribution < -0.4 is 5.32 Å². The highest BCUT2D eigenvalue weighted by Crippen LogP contribution is 2.25. The molecule has 3 nitrogen and oxygen atoms in total. The SMILES string of the molecule is OC1CCCC1CNCc1occc1Br. The van der Waals surface area contributed by atoms with Gasteiger partial charge in [-0.05, 0) is 40.8 Å². The Morgan fingerprint density at radius 2 is 2.40 bits per heavy atom. The van der Waals surface area contributed by atoms with Gasteiger partial charge in [0.15, 0.2) is 0 Å². The van der Waals surface area contributed by atoms with Crippen LogP contribution in [0.15, 0.2) is 21.2 Å². The Morgan fingerprint density at radius 1 is 1.53 bits per heavy atom. The van der Waals surface area contributed by atoms with Crippen molar-refractivity contribution in [3.63, 3.8) is 0 Å². The fourth-order valence-electron chi connectivity index (χ4n) is 2.08. The molecule has 2 rings (SSSR count). The van der Waals surface area contributed by atoms with Gasteiger partial charge in [0.2, 0.25) is 0 Å². The minimum atomic E-state index is -0.113. The molecule has 84 valence electrons. The van der Waals surface area contributed by atoms with Gasteiger partial charge in [-0.2, -0.15) is 0 Å². The first kappa shape index (κ1) is 11.2. The van der Waals surface area contributed by atoms with Crippen LogP contribution in [-0.4, -0.2) is 17.8 Å². The van der Waals surface area contributed by atoms with Gasteiger partial charge < -0.3 is 14.8 Å². The van der Waals surface area contributed by atoms with Gasteiger partial charge in [-0.1, -0.05) is 6.42 Å². The number of aliphatic hydroxyl groups is 1. The molecular formula is C11H16BrNO2. The van der Waals surface area contributed by atoms with E-state index in [1.807, 2.05) is 6.07 Å². The molecule has 2 unspecified atom stereocenters. The summed E-state index contributed by atoms with van der Waals surface area (Å²) in [5, 5.41) is 12.9. The summed E-state index contributed by atoms with van der Waals surface area (Å²) < 4.78 is 6.29. The van der Waals surface area contributed by atoms with Crippen molar-refractivity contribution in [2.75, 3.05) is 6.54 Å². The number of furan rings is 1. The minimum absolute atomic E-state index is 0.113. The second-order valence-corrected chi connectivity index (χ2v) is 4.94. The standard InChI is InChI=1S/C11H16BrNO2/c12-9-4-5-15-11(9)7-13-6-8-2-1-3-10(8)14/h4-5,8,10,13-14H,1-3,6-7H2. The molecule has 2 atom stereocenters. The molecule has 15 heavy (non-hydrogen) atoms. The molecule has 1 aliphatic carbocycles. The Kier molecular flexibility index (Phi) is 3.83. The summed E-state index contributed by atoms with van der Waals surface area (Å²) in [5.41, 5.74) is 0. The van der Waals surface area contributed by atoms with Gasteiger partial charge in [0.05, 0.1) is 23.4 Å². The van der Waals surface area contributed by atoms with E-state index in [1.165, 1.54) is 0 Å². The van der Waals surface area contributed by atoms with Gasteiger partial charge >= 0.3 is 0 Å². The summed E-state index contributed by atoms with van der Waals surface area (Å²) in [6.07, 6.45) is 4.80. The van der Waals surface area contributed by atoms with Crippen molar-refractivity contribution in [1.29, 1.82) is 0 Å². The number of halogens is 1. The molecule has 1 aromatic heterocycles. The predicted octanol–water partition coefficient (Wildman–Crippen LogP) is 2.29. The van der Waals surface area contributed by atoms with Crippen LogP contribution in [0.2, 0.25) is 0 Å². The average Bonchev–Trinajstić information content (AvgIpc) is 2.78. The molecule has 1 aromatic rings. The van der Waals surface area contributed by atoms with Gasteiger partial charge in [0.1, 0.15) is 5.76 Å². The van der Waals surface area contributed by atoms with Gasteiger partial charge in [-0.3, -0.25) is 0 Å². The van der Waals surface area contributed by atoms with E-state index in [1.54, 1.807) is 6.26 Å². The van der Waals surface area contributed by atoms with Crippen LogP contribution in [0.4, 0.5) is 0 Å². The Bertz CT molecular complexity index is 313. The zero-order valence-corrected chi connectivity index (χ0v) is 10.2. The third-order valence-corrected chi connectivity index (χ3v) is 3.71. The van der Waals surface area contributed by atoms with Crippen LogP contribution >= 0.6 is 15.9 Å². The molecule has 0 aromatic carbocycles. The summed E-state index contributed by atoms with van der Waals surface area (Å²) >= 11 is 3.41. The molecule has 0 aliphatic heterocycles. The monoisotopic (exact) mass is 273 g/mol. The van der Waals surface area contributed by atoms with Crippen LogP contribution in [0, 0.1) is 5.92 Å². The maximum atomic E-state index is 9.63. The topological polar surface area (TPSA) is 45.4 Å². The van der Waals surface area contributed by atoms with Crippen molar-refractivity contribution in [3.05, 3.63) is 22.6 Å². The Hall–Kier alpha value is -0.320. The first-order chi connectivity index (χ1) is 7.27. The van der Waals surface area contributed by atoms with Gasteiger partial charge in [-0.15, -0.1) is 0 Å². The van der Waals surface area contributed by atoms with Crippen molar-refractivity contribution >= 4 is 15.9 Å². The molecule has 2 N–H and O–H groups in total.